The number of unbranched alkanes of at least 4 members (excludes halogenated alkanes) is 13. The number of aliphatic hydroxyl groups is 1. The molecule has 0 spiro atoms. The average Bonchev–Trinajstić information content (AvgIpc) is 3.22. The normalized spacial score (nSPS) is 14.5. The molecule has 0 rings (SSSR count). The van der Waals surface area contributed by atoms with E-state index >= 15 is 0 Å². The van der Waals surface area contributed by atoms with E-state index in [1.165, 1.54) is 25.7 Å². The predicted molar refractivity (Wildman–Crippen MR) is 244 cm³/mol. The number of aliphatic carboxylic acids is 1. The number of amides is 1. The van der Waals surface area contributed by atoms with Crippen molar-refractivity contribution < 1.29 is 47.8 Å². The highest BCUT2D eigenvalue weighted by atomic mass is 31.2. The highest BCUT2D eigenvalue weighted by Crippen LogP contribution is 2.43. The van der Waals surface area contributed by atoms with Crippen LogP contribution in [-0.2, 0) is 32.7 Å². The van der Waals surface area contributed by atoms with Crippen molar-refractivity contribution in [2.75, 3.05) is 19.8 Å². The van der Waals surface area contributed by atoms with Crippen LogP contribution in [0.5, 0.6) is 0 Å². The molecule has 0 aliphatic carbocycles. The zero-order valence-electron chi connectivity index (χ0n) is 37.0. The molecular formula is C48H80NO10P. The van der Waals surface area contributed by atoms with Gasteiger partial charge in [-0.25, -0.2) is 9.36 Å². The molecule has 0 aliphatic rings. The van der Waals surface area contributed by atoms with E-state index in [-0.39, 0.29) is 12.8 Å². The number of esters is 1. The number of nitrogens with one attached hydrogen (secondary N) is 1. The van der Waals surface area contributed by atoms with Gasteiger partial charge in [-0.15, -0.1) is 0 Å². The van der Waals surface area contributed by atoms with Gasteiger partial charge in [0.25, 0.3) is 0 Å². The standard InChI is InChI=1S/C48H80NO10P/c1-3-5-7-9-11-13-15-17-19-21-22-24-26-28-30-32-34-36-38-40-47(52)57-41-44(50)42-58-60(55,56)59-43-45(48(53)54)49-46(51)39-37-35-33-31-29-27-25-23-20-18-16-14-12-10-8-6-4-2/h6,8,11-14,17-20,22,24,28,30,44-45,50H,3-5,7,9-10,15-16,21,23,25-27,29,31-43H2,1-2H3,(H,49,51)(H,53,54)(H,55,56)/b8-6-,13-11-,14-12-,19-17-,20-18-,24-22-,30-28-. The number of hydrogen-bond donors (Lipinski definition) is 4. The molecule has 0 aromatic carbocycles. The maximum Gasteiger partial charge on any atom is 0.472 e. The lowest BCUT2D eigenvalue weighted by atomic mass is 10.1. The number of hydrogen-bond acceptors (Lipinski definition) is 8. The molecule has 4 N–H and O–H groups in total. The van der Waals surface area contributed by atoms with Gasteiger partial charge in [-0.05, 0) is 89.9 Å². The zero-order chi connectivity index (χ0) is 44.2. The fourth-order valence-corrected chi connectivity index (χ4v) is 6.44. The second-order valence-electron chi connectivity index (χ2n) is 14.9. The number of carboxylic acid groups (broad SMARTS) is 1. The van der Waals surface area contributed by atoms with E-state index in [2.05, 4.69) is 104 Å². The van der Waals surface area contributed by atoms with Crippen LogP contribution in [0.2, 0.25) is 0 Å². The van der Waals surface area contributed by atoms with Gasteiger partial charge in [0.15, 0.2) is 6.04 Å². The smallest absolute Gasteiger partial charge is 0.472 e. The second kappa shape index (κ2) is 42.4. The first-order chi connectivity index (χ1) is 29.1. The topological polar surface area (TPSA) is 169 Å². The molecule has 3 atom stereocenters. The number of carboxylic acids is 1. The number of aliphatic hydroxyl groups excluding tert-OH is 1. The molecule has 0 heterocycles. The molecule has 12 heteroatoms. The molecule has 0 aromatic heterocycles. The first kappa shape index (κ1) is 56.7. The Morgan fingerprint density at radius 3 is 1.47 bits per heavy atom. The van der Waals surface area contributed by atoms with Crippen LogP contribution in [0.25, 0.3) is 0 Å². The van der Waals surface area contributed by atoms with E-state index < -0.39 is 57.6 Å². The molecule has 0 aromatic rings. The van der Waals surface area contributed by atoms with Crippen molar-refractivity contribution >= 4 is 25.7 Å². The van der Waals surface area contributed by atoms with Crippen LogP contribution in [0, 0.1) is 0 Å². The van der Waals surface area contributed by atoms with E-state index in [1.54, 1.807) is 0 Å². The molecule has 1 amide bonds. The van der Waals surface area contributed by atoms with E-state index in [0.717, 1.165) is 103 Å². The Labute approximate surface area is 362 Å². The van der Waals surface area contributed by atoms with Crippen molar-refractivity contribution in [2.24, 2.45) is 0 Å². The van der Waals surface area contributed by atoms with Gasteiger partial charge in [-0.2, -0.15) is 0 Å². The van der Waals surface area contributed by atoms with Crippen molar-refractivity contribution in [3.63, 3.8) is 0 Å². The minimum absolute atomic E-state index is 0.127. The predicted octanol–water partition coefficient (Wildman–Crippen LogP) is 11.9. The van der Waals surface area contributed by atoms with Crippen LogP contribution in [0.3, 0.4) is 0 Å². The molecule has 342 valence electrons. The first-order valence-corrected chi connectivity index (χ1v) is 24.1. The van der Waals surface area contributed by atoms with Gasteiger partial charge in [0.05, 0.1) is 13.2 Å². The average molecular weight is 862 g/mol. The van der Waals surface area contributed by atoms with Crippen molar-refractivity contribution in [2.45, 2.75) is 180 Å². The number of rotatable bonds is 41. The Morgan fingerprint density at radius 1 is 0.550 bits per heavy atom. The maximum absolute atomic E-state index is 12.3. The van der Waals surface area contributed by atoms with Crippen LogP contribution in [-0.4, -0.2) is 64.9 Å². The monoisotopic (exact) mass is 862 g/mol. The molecule has 11 nitrogen and oxygen atoms in total. The molecule has 0 saturated carbocycles. The van der Waals surface area contributed by atoms with Gasteiger partial charge in [0.1, 0.15) is 12.7 Å². The lowest BCUT2D eigenvalue weighted by molar-refractivity contribution is -0.147. The Kier molecular flexibility index (Phi) is 40.0. The Balaban J connectivity index is 3.97. The van der Waals surface area contributed by atoms with E-state index in [0.29, 0.717) is 12.8 Å². The van der Waals surface area contributed by atoms with Crippen LogP contribution >= 0.6 is 7.82 Å². The number of phosphoric ester groups is 1. The quantitative estimate of drug-likeness (QED) is 0.0201. The molecule has 0 fully saturated rings. The Bertz CT molecular complexity index is 1340. The second-order valence-corrected chi connectivity index (χ2v) is 16.3. The maximum atomic E-state index is 12.3. The van der Waals surface area contributed by atoms with Gasteiger partial charge >= 0.3 is 19.8 Å². The summed E-state index contributed by atoms with van der Waals surface area (Å²) in [4.78, 5) is 46.0. The van der Waals surface area contributed by atoms with Crippen molar-refractivity contribution in [3.05, 3.63) is 85.1 Å². The fraction of sp³-hybridized carbons (Fsp3) is 0.646. The summed E-state index contributed by atoms with van der Waals surface area (Å²) in [7, 11) is -4.77. The van der Waals surface area contributed by atoms with Gasteiger partial charge in [0, 0.05) is 12.8 Å². The van der Waals surface area contributed by atoms with Crippen LogP contribution in [0.1, 0.15) is 168 Å². The van der Waals surface area contributed by atoms with Crippen molar-refractivity contribution in [1.82, 2.24) is 5.32 Å². The molecule has 0 bridgehead atoms. The number of allylic oxidation sites excluding steroid dienone is 14. The van der Waals surface area contributed by atoms with Gasteiger partial charge in [-0.3, -0.25) is 18.6 Å². The lowest BCUT2D eigenvalue weighted by Gasteiger charge is -2.18. The first-order valence-electron chi connectivity index (χ1n) is 22.6. The summed E-state index contributed by atoms with van der Waals surface area (Å²) >= 11 is 0. The van der Waals surface area contributed by atoms with E-state index in [4.69, 9.17) is 13.8 Å². The summed E-state index contributed by atoms with van der Waals surface area (Å²) in [6.45, 7) is 2.40. The number of carbonyl (C=O) groups excluding carboxylic acids is 2. The van der Waals surface area contributed by atoms with E-state index in [1.807, 2.05) is 0 Å². The highest BCUT2D eigenvalue weighted by molar-refractivity contribution is 7.47. The third kappa shape index (κ3) is 41.4. The minimum atomic E-state index is -4.77. The molecule has 60 heavy (non-hydrogen) atoms. The molecule has 0 radical (unpaired) electrons. The number of carbonyl (C=O) groups is 3. The van der Waals surface area contributed by atoms with Gasteiger partial charge in [-0.1, -0.05) is 150 Å². The molecule has 3 unspecified atom stereocenters. The third-order valence-electron chi connectivity index (χ3n) is 9.17. The lowest BCUT2D eigenvalue weighted by Crippen LogP contribution is -2.43. The van der Waals surface area contributed by atoms with Crippen LogP contribution < -0.4 is 5.32 Å². The van der Waals surface area contributed by atoms with Gasteiger partial charge in [0.2, 0.25) is 5.91 Å². The minimum Gasteiger partial charge on any atom is -0.480 e. The highest BCUT2D eigenvalue weighted by Gasteiger charge is 2.28. The number of ether oxygens (including phenoxy) is 1. The summed E-state index contributed by atoms with van der Waals surface area (Å²) in [6.07, 6.45) is 51.7. The molecule has 0 saturated heterocycles. The SMILES string of the molecule is CC/C=C\C/C=C\C/C=C\CCCCCCCCCC(=O)NC(COP(=O)(O)OCC(O)COC(=O)CCCCC/C=C\C/C=C\C/C=C\C/C=C\CCCCC)C(=O)O. The van der Waals surface area contributed by atoms with Crippen molar-refractivity contribution in [1.29, 1.82) is 0 Å². The van der Waals surface area contributed by atoms with E-state index in [9.17, 15) is 34.1 Å². The number of phosphoric acid groups is 1. The Morgan fingerprint density at radius 2 is 0.967 bits per heavy atom. The largest absolute Gasteiger partial charge is 0.480 e. The van der Waals surface area contributed by atoms with Crippen LogP contribution in [0.4, 0.5) is 0 Å². The summed E-state index contributed by atoms with van der Waals surface area (Å²) < 4.78 is 26.8. The summed E-state index contributed by atoms with van der Waals surface area (Å²) in [6, 6.07) is -1.56. The summed E-state index contributed by atoms with van der Waals surface area (Å²) in [5.41, 5.74) is 0. The summed E-state index contributed by atoms with van der Waals surface area (Å²) in [5.74, 6) is -2.43. The summed E-state index contributed by atoms with van der Waals surface area (Å²) in [5, 5.41) is 21.8. The zero-order valence-corrected chi connectivity index (χ0v) is 37.9. The fourth-order valence-electron chi connectivity index (χ4n) is 5.66. The Hall–Kier alpha value is -3.34. The molecule has 0 aliphatic heterocycles. The molecular weight excluding hydrogens is 781 g/mol. The van der Waals surface area contributed by atoms with Crippen molar-refractivity contribution in [3.8, 4) is 0 Å². The third-order valence-corrected chi connectivity index (χ3v) is 10.1. The van der Waals surface area contributed by atoms with Gasteiger partial charge < -0.3 is 25.2 Å². The van der Waals surface area contributed by atoms with Crippen LogP contribution in [0.15, 0.2) is 85.1 Å².